The van der Waals surface area contributed by atoms with Crippen LogP contribution in [0.4, 0.5) is 5.82 Å². The van der Waals surface area contributed by atoms with E-state index in [1.54, 1.807) is 0 Å². The molecule has 3 rings (SSSR count). The van der Waals surface area contributed by atoms with Crippen molar-refractivity contribution in [1.29, 1.82) is 0 Å². The van der Waals surface area contributed by atoms with Crippen LogP contribution in [0, 0.1) is 0 Å². The Morgan fingerprint density at radius 2 is 2.16 bits per heavy atom. The zero-order valence-electron chi connectivity index (χ0n) is 11.8. The maximum absolute atomic E-state index is 4.63. The first kappa shape index (κ1) is 12.9. The highest BCUT2D eigenvalue weighted by Gasteiger charge is 2.21. The minimum atomic E-state index is 0.753. The molecule has 4 heteroatoms. The summed E-state index contributed by atoms with van der Waals surface area (Å²) < 4.78 is 0. The lowest BCUT2D eigenvalue weighted by Crippen LogP contribution is -2.31. The van der Waals surface area contributed by atoms with Gasteiger partial charge in [-0.1, -0.05) is 6.07 Å². The van der Waals surface area contributed by atoms with Gasteiger partial charge in [-0.15, -0.1) is 0 Å². The summed E-state index contributed by atoms with van der Waals surface area (Å²) in [5, 5.41) is 3.60. The monoisotopic (exact) mass is 260 g/mol. The van der Waals surface area contributed by atoms with Gasteiger partial charge >= 0.3 is 0 Å². The molecule has 19 heavy (non-hydrogen) atoms. The number of likely N-dealkylation sites (N-methyl/N-ethyl adjacent to an activating group) is 1. The molecule has 1 aliphatic heterocycles. The van der Waals surface area contributed by atoms with E-state index in [0.29, 0.717) is 0 Å². The Hall–Kier alpha value is -1.13. The van der Waals surface area contributed by atoms with Crippen LogP contribution in [-0.2, 0) is 6.54 Å². The molecule has 0 unspecified atom stereocenters. The third-order valence-corrected chi connectivity index (χ3v) is 4.05. The number of nitrogens with zero attached hydrogens (tertiary/aromatic N) is 3. The summed E-state index contributed by atoms with van der Waals surface area (Å²) >= 11 is 0. The standard InChI is InChI=1S/C15H24N4/c1-18-8-3-9-19(11-10-18)15-13(4-2-7-16-15)12-17-14-5-6-14/h2,4,7,14,17H,3,5-6,8-12H2,1H3. The van der Waals surface area contributed by atoms with Crippen LogP contribution < -0.4 is 10.2 Å². The van der Waals surface area contributed by atoms with Gasteiger partial charge in [0.25, 0.3) is 0 Å². The Morgan fingerprint density at radius 1 is 1.26 bits per heavy atom. The second kappa shape index (κ2) is 5.88. The van der Waals surface area contributed by atoms with Gasteiger partial charge in [-0.2, -0.15) is 0 Å². The normalized spacial score (nSPS) is 21.4. The molecular weight excluding hydrogens is 236 g/mol. The highest BCUT2D eigenvalue weighted by Crippen LogP contribution is 2.22. The molecule has 0 spiro atoms. The van der Waals surface area contributed by atoms with Crippen molar-refractivity contribution in [3.05, 3.63) is 23.9 Å². The predicted molar refractivity (Wildman–Crippen MR) is 78.4 cm³/mol. The average Bonchev–Trinajstić information content (AvgIpc) is 3.25. The van der Waals surface area contributed by atoms with Gasteiger partial charge < -0.3 is 15.1 Å². The predicted octanol–water partition coefficient (Wildman–Crippen LogP) is 1.48. The molecular formula is C15H24N4. The number of nitrogens with one attached hydrogen (secondary N) is 1. The van der Waals surface area contributed by atoms with Crippen molar-refractivity contribution in [2.45, 2.75) is 31.8 Å². The van der Waals surface area contributed by atoms with Crippen molar-refractivity contribution < 1.29 is 0 Å². The summed E-state index contributed by atoms with van der Waals surface area (Å²) in [6, 6.07) is 5.02. The van der Waals surface area contributed by atoms with Gasteiger partial charge in [-0.25, -0.2) is 4.98 Å². The van der Waals surface area contributed by atoms with Gasteiger partial charge in [0.15, 0.2) is 0 Å². The molecule has 1 N–H and O–H groups in total. The number of anilines is 1. The third-order valence-electron chi connectivity index (χ3n) is 4.05. The Balaban J connectivity index is 1.70. The first-order valence-corrected chi connectivity index (χ1v) is 7.44. The third kappa shape index (κ3) is 3.45. The molecule has 2 heterocycles. The SMILES string of the molecule is CN1CCCN(c2ncccc2CNC2CC2)CC1. The fourth-order valence-electron chi connectivity index (χ4n) is 2.65. The van der Waals surface area contributed by atoms with Gasteiger partial charge in [0.05, 0.1) is 0 Å². The van der Waals surface area contributed by atoms with Gasteiger partial charge in [0.1, 0.15) is 5.82 Å². The molecule has 104 valence electrons. The van der Waals surface area contributed by atoms with E-state index in [4.69, 9.17) is 0 Å². The molecule has 0 atom stereocenters. The second-order valence-corrected chi connectivity index (χ2v) is 5.79. The van der Waals surface area contributed by atoms with Gasteiger partial charge in [0.2, 0.25) is 0 Å². The minimum Gasteiger partial charge on any atom is -0.355 e. The number of hydrogen-bond donors (Lipinski definition) is 1. The maximum Gasteiger partial charge on any atom is 0.133 e. The Labute approximate surface area is 115 Å². The van der Waals surface area contributed by atoms with Crippen molar-refractivity contribution in [3.8, 4) is 0 Å². The topological polar surface area (TPSA) is 31.4 Å². The smallest absolute Gasteiger partial charge is 0.133 e. The molecule has 1 aliphatic carbocycles. The van der Waals surface area contributed by atoms with Crippen molar-refractivity contribution in [2.24, 2.45) is 0 Å². The second-order valence-electron chi connectivity index (χ2n) is 5.79. The number of aromatic nitrogens is 1. The van der Waals surface area contributed by atoms with E-state index in [0.717, 1.165) is 32.2 Å². The van der Waals surface area contributed by atoms with Crippen LogP contribution in [0.3, 0.4) is 0 Å². The number of hydrogen-bond acceptors (Lipinski definition) is 4. The summed E-state index contributed by atoms with van der Waals surface area (Å²) in [6.45, 7) is 5.49. The lowest BCUT2D eigenvalue weighted by atomic mass is 10.2. The summed E-state index contributed by atoms with van der Waals surface area (Å²) in [5.41, 5.74) is 1.35. The van der Waals surface area contributed by atoms with Crippen molar-refractivity contribution in [3.63, 3.8) is 0 Å². The largest absolute Gasteiger partial charge is 0.355 e. The zero-order chi connectivity index (χ0) is 13.1. The molecule has 1 aromatic rings. The van der Waals surface area contributed by atoms with Gasteiger partial charge in [-0.3, -0.25) is 0 Å². The van der Waals surface area contributed by atoms with Crippen molar-refractivity contribution >= 4 is 5.82 Å². The van der Waals surface area contributed by atoms with Crippen LogP contribution in [0.2, 0.25) is 0 Å². The molecule has 1 aromatic heterocycles. The van der Waals surface area contributed by atoms with Gasteiger partial charge in [-0.05, 0) is 38.9 Å². The number of pyridine rings is 1. The van der Waals surface area contributed by atoms with E-state index in [1.807, 2.05) is 6.20 Å². The molecule has 2 fully saturated rings. The highest BCUT2D eigenvalue weighted by atomic mass is 15.2. The van der Waals surface area contributed by atoms with Gasteiger partial charge in [0, 0.05) is 44.0 Å². The molecule has 0 aromatic carbocycles. The Bertz CT molecular complexity index is 416. The highest BCUT2D eigenvalue weighted by molar-refractivity contribution is 5.47. The van der Waals surface area contributed by atoms with Crippen LogP contribution in [-0.4, -0.2) is 49.2 Å². The molecule has 0 radical (unpaired) electrons. The minimum absolute atomic E-state index is 0.753. The van der Waals surface area contributed by atoms with Crippen LogP contribution in [0.1, 0.15) is 24.8 Å². The fourth-order valence-corrected chi connectivity index (χ4v) is 2.65. The fraction of sp³-hybridized carbons (Fsp3) is 0.667. The molecule has 0 bridgehead atoms. The van der Waals surface area contributed by atoms with E-state index in [-0.39, 0.29) is 0 Å². The zero-order valence-corrected chi connectivity index (χ0v) is 11.8. The molecule has 4 nitrogen and oxygen atoms in total. The first-order valence-electron chi connectivity index (χ1n) is 7.44. The van der Waals surface area contributed by atoms with Crippen molar-refractivity contribution in [1.82, 2.24) is 15.2 Å². The summed E-state index contributed by atoms with van der Waals surface area (Å²) in [4.78, 5) is 9.49. The van der Waals surface area contributed by atoms with E-state index >= 15 is 0 Å². The van der Waals surface area contributed by atoms with E-state index in [1.165, 1.54) is 37.2 Å². The van der Waals surface area contributed by atoms with E-state index in [2.05, 4.69) is 39.3 Å². The molecule has 2 aliphatic rings. The molecule has 1 saturated carbocycles. The summed E-state index contributed by atoms with van der Waals surface area (Å²) in [7, 11) is 2.21. The van der Waals surface area contributed by atoms with Crippen molar-refractivity contribution in [2.75, 3.05) is 38.1 Å². The quantitative estimate of drug-likeness (QED) is 0.888. The lowest BCUT2D eigenvalue weighted by Gasteiger charge is -2.24. The number of rotatable bonds is 4. The average molecular weight is 260 g/mol. The Morgan fingerprint density at radius 3 is 3.00 bits per heavy atom. The van der Waals surface area contributed by atoms with E-state index < -0.39 is 0 Å². The maximum atomic E-state index is 4.63. The molecule has 1 saturated heterocycles. The molecule has 0 amide bonds. The summed E-state index contributed by atoms with van der Waals surface area (Å²) in [5.74, 6) is 1.19. The first-order chi connectivity index (χ1) is 9.33. The van der Waals surface area contributed by atoms with Crippen LogP contribution in [0.15, 0.2) is 18.3 Å². The van der Waals surface area contributed by atoms with Crippen LogP contribution in [0.5, 0.6) is 0 Å². The summed E-state index contributed by atoms with van der Waals surface area (Å²) in [6.07, 6.45) is 5.82. The van der Waals surface area contributed by atoms with E-state index in [9.17, 15) is 0 Å². The van der Waals surface area contributed by atoms with Crippen LogP contribution in [0.25, 0.3) is 0 Å². The van der Waals surface area contributed by atoms with Crippen LogP contribution >= 0.6 is 0 Å². The Kier molecular flexibility index (Phi) is 3.99. The lowest BCUT2D eigenvalue weighted by molar-refractivity contribution is 0.360.